The molecule has 0 aliphatic rings. The molecule has 4 heteroatoms. The Kier molecular flexibility index (Phi) is 5.73. The zero-order valence-corrected chi connectivity index (χ0v) is 15.7. The Labute approximate surface area is 160 Å². The van der Waals surface area contributed by atoms with E-state index in [1.165, 1.54) is 0 Å². The molecule has 0 unspecified atom stereocenters. The number of pyridine rings is 1. The Morgan fingerprint density at radius 1 is 1.11 bits per heavy atom. The van der Waals surface area contributed by atoms with Crippen molar-refractivity contribution in [3.05, 3.63) is 77.0 Å². The number of rotatable bonds is 6. The van der Waals surface area contributed by atoms with Crippen molar-refractivity contribution in [2.75, 3.05) is 5.73 Å². The van der Waals surface area contributed by atoms with Crippen molar-refractivity contribution in [2.24, 2.45) is 0 Å². The first-order chi connectivity index (χ1) is 13.1. The van der Waals surface area contributed by atoms with Crippen LogP contribution in [0.1, 0.15) is 35.7 Å². The summed E-state index contributed by atoms with van der Waals surface area (Å²) in [5.41, 5.74) is 11.3. The summed E-state index contributed by atoms with van der Waals surface area (Å²) in [6.45, 7) is 4.56. The van der Waals surface area contributed by atoms with Gasteiger partial charge in [0.1, 0.15) is 29.8 Å². The molecule has 0 aliphatic heterocycles. The van der Waals surface area contributed by atoms with Gasteiger partial charge >= 0.3 is 0 Å². The van der Waals surface area contributed by atoms with Gasteiger partial charge in [0.25, 0.3) is 0 Å². The third kappa shape index (κ3) is 4.09. The molecule has 0 aliphatic carbocycles. The maximum atomic E-state index is 9.66. The average Bonchev–Trinajstić information content (AvgIpc) is 2.69. The minimum absolute atomic E-state index is 0.278. The molecule has 0 atom stereocenters. The number of nitrogen functional groups attached to an aromatic ring is 1. The van der Waals surface area contributed by atoms with Gasteiger partial charge in [-0.25, -0.2) is 4.98 Å². The molecule has 2 aromatic carbocycles. The highest BCUT2D eigenvalue weighted by molar-refractivity contribution is 5.79. The fourth-order valence-corrected chi connectivity index (χ4v) is 3.23. The van der Waals surface area contributed by atoms with Crippen LogP contribution in [-0.4, -0.2) is 4.98 Å². The Bertz CT molecular complexity index is 975. The number of anilines is 1. The molecule has 2 N–H and O–H groups in total. The smallest absolute Gasteiger partial charge is 0.142 e. The lowest BCUT2D eigenvalue weighted by Gasteiger charge is -2.16. The summed E-state index contributed by atoms with van der Waals surface area (Å²) in [5, 5.41) is 9.66. The number of aromatic nitrogens is 1. The predicted octanol–water partition coefficient (Wildman–Crippen LogP) is 5.04. The second-order valence-corrected chi connectivity index (χ2v) is 6.47. The number of hydrogen-bond acceptors (Lipinski definition) is 4. The summed E-state index contributed by atoms with van der Waals surface area (Å²) in [6, 6.07) is 20.1. The van der Waals surface area contributed by atoms with Gasteiger partial charge in [-0.1, -0.05) is 55.8 Å². The molecule has 27 heavy (non-hydrogen) atoms. The van der Waals surface area contributed by atoms with Gasteiger partial charge in [-0.15, -0.1) is 0 Å². The molecule has 1 aromatic heterocycles. The van der Waals surface area contributed by atoms with Gasteiger partial charge in [-0.2, -0.15) is 5.26 Å². The van der Waals surface area contributed by atoms with Crippen LogP contribution in [0.3, 0.4) is 0 Å². The van der Waals surface area contributed by atoms with E-state index >= 15 is 0 Å². The normalized spacial score (nSPS) is 10.4. The molecule has 1 heterocycles. The third-order valence-corrected chi connectivity index (χ3v) is 4.52. The van der Waals surface area contributed by atoms with E-state index in [-0.39, 0.29) is 5.82 Å². The highest BCUT2D eigenvalue weighted by atomic mass is 16.5. The van der Waals surface area contributed by atoms with Crippen molar-refractivity contribution in [2.45, 2.75) is 33.3 Å². The molecule has 3 aromatic rings. The number of nitriles is 1. The largest absolute Gasteiger partial charge is 0.489 e. The van der Waals surface area contributed by atoms with E-state index in [1.54, 1.807) is 0 Å². The number of nitrogens with two attached hydrogens (primary N) is 1. The highest BCUT2D eigenvalue weighted by Gasteiger charge is 2.18. The Balaban J connectivity index is 2.00. The van der Waals surface area contributed by atoms with Crippen molar-refractivity contribution >= 4 is 5.82 Å². The zero-order valence-electron chi connectivity index (χ0n) is 15.7. The zero-order chi connectivity index (χ0) is 19.2. The molecule has 0 spiro atoms. The van der Waals surface area contributed by atoms with Crippen LogP contribution in [0, 0.1) is 18.3 Å². The second kappa shape index (κ2) is 8.37. The number of benzene rings is 2. The summed E-state index contributed by atoms with van der Waals surface area (Å²) in [5.74, 6) is 1.04. The highest BCUT2D eigenvalue weighted by Crippen LogP contribution is 2.34. The minimum atomic E-state index is 0.278. The van der Waals surface area contributed by atoms with Gasteiger partial charge in [-0.05, 0) is 42.2 Å². The van der Waals surface area contributed by atoms with Gasteiger partial charge in [0.05, 0.1) is 0 Å². The lowest BCUT2D eigenvalue weighted by molar-refractivity contribution is 0.306. The van der Waals surface area contributed by atoms with Crippen molar-refractivity contribution < 1.29 is 4.74 Å². The molecule has 0 saturated heterocycles. The molecule has 0 saturated carbocycles. The summed E-state index contributed by atoms with van der Waals surface area (Å²) in [4.78, 5) is 4.37. The van der Waals surface area contributed by atoms with Crippen LogP contribution in [0.4, 0.5) is 5.82 Å². The van der Waals surface area contributed by atoms with Gasteiger partial charge < -0.3 is 10.5 Å². The van der Waals surface area contributed by atoms with Crippen molar-refractivity contribution in [1.82, 2.24) is 4.98 Å². The molecule has 136 valence electrons. The van der Waals surface area contributed by atoms with E-state index in [1.807, 2.05) is 61.5 Å². The minimum Gasteiger partial charge on any atom is -0.489 e. The van der Waals surface area contributed by atoms with E-state index in [0.29, 0.717) is 12.2 Å². The van der Waals surface area contributed by atoms with E-state index in [0.717, 1.165) is 46.5 Å². The van der Waals surface area contributed by atoms with E-state index in [4.69, 9.17) is 10.5 Å². The van der Waals surface area contributed by atoms with Gasteiger partial charge in [-0.3, -0.25) is 0 Å². The van der Waals surface area contributed by atoms with Crippen LogP contribution in [-0.2, 0) is 13.0 Å². The summed E-state index contributed by atoms with van der Waals surface area (Å²) in [7, 11) is 0. The van der Waals surface area contributed by atoms with Gasteiger partial charge in [0.15, 0.2) is 0 Å². The SMILES string of the molecule is CCCc1c(C)nc(N)c(C#N)c1-c1cccc(OCc2ccccc2)c1. The Morgan fingerprint density at radius 2 is 1.89 bits per heavy atom. The van der Waals surface area contributed by atoms with Crippen LogP contribution in [0.15, 0.2) is 54.6 Å². The molecule has 0 fully saturated rings. The topological polar surface area (TPSA) is 71.9 Å². The van der Waals surface area contributed by atoms with Crippen molar-refractivity contribution in [3.8, 4) is 22.9 Å². The first-order valence-electron chi connectivity index (χ1n) is 9.10. The maximum absolute atomic E-state index is 9.66. The van der Waals surface area contributed by atoms with Gasteiger partial charge in [0.2, 0.25) is 0 Å². The molecule has 0 radical (unpaired) electrons. The fourth-order valence-electron chi connectivity index (χ4n) is 3.23. The molecule has 0 bridgehead atoms. The van der Waals surface area contributed by atoms with E-state index in [9.17, 15) is 5.26 Å². The van der Waals surface area contributed by atoms with Gasteiger partial charge in [0, 0.05) is 11.3 Å². The maximum Gasteiger partial charge on any atom is 0.142 e. The molecule has 0 amide bonds. The van der Waals surface area contributed by atoms with E-state index < -0.39 is 0 Å². The van der Waals surface area contributed by atoms with Crippen LogP contribution in [0.2, 0.25) is 0 Å². The van der Waals surface area contributed by atoms with Crippen LogP contribution >= 0.6 is 0 Å². The number of nitrogens with zero attached hydrogens (tertiary/aromatic N) is 2. The van der Waals surface area contributed by atoms with Crippen molar-refractivity contribution in [3.63, 3.8) is 0 Å². The van der Waals surface area contributed by atoms with Crippen LogP contribution < -0.4 is 10.5 Å². The lowest BCUT2D eigenvalue weighted by atomic mass is 9.92. The first kappa shape index (κ1) is 18.5. The predicted molar refractivity (Wildman–Crippen MR) is 108 cm³/mol. The monoisotopic (exact) mass is 357 g/mol. The molecular weight excluding hydrogens is 334 g/mol. The third-order valence-electron chi connectivity index (χ3n) is 4.52. The van der Waals surface area contributed by atoms with Crippen molar-refractivity contribution in [1.29, 1.82) is 5.26 Å². The molecule has 4 nitrogen and oxygen atoms in total. The Morgan fingerprint density at radius 3 is 2.59 bits per heavy atom. The standard InChI is InChI=1S/C23H23N3O/c1-3-8-20-16(2)26-23(25)21(14-24)22(20)18-11-7-12-19(13-18)27-15-17-9-5-4-6-10-17/h4-7,9-13H,3,8,15H2,1-2H3,(H2,25,26). The quantitative estimate of drug-likeness (QED) is 0.670. The average molecular weight is 357 g/mol. The summed E-state index contributed by atoms with van der Waals surface area (Å²) < 4.78 is 5.96. The molecular formula is C23H23N3O. The number of hydrogen-bond donors (Lipinski definition) is 1. The summed E-state index contributed by atoms with van der Waals surface area (Å²) >= 11 is 0. The van der Waals surface area contributed by atoms with Crippen LogP contribution in [0.5, 0.6) is 5.75 Å². The molecule has 3 rings (SSSR count). The number of aryl methyl sites for hydroxylation is 1. The first-order valence-corrected chi connectivity index (χ1v) is 9.10. The van der Waals surface area contributed by atoms with Crippen LogP contribution in [0.25, 0.3) is 11.1 Å². The second-order valence-electron chi connectivity index (χ2n) is 6.47. The summed E-state index contributed by atoms with van der Waals surface area (Å²) in [6.07, 6.45) is 1.81. The Hall–Kier alpha value is -3.32. The van der Waals surface area contributed by atoms with E-state index in [2.05, 4.69) is 18.0 Å². The lowest BCUT2D eigenvalue weighted by Crippen LogP contribution is -2.05. The fraction of sp³-hybridized carbons (Fsp3) is 0.217. The number of ether oxygens (including phenoxy) is 1.